The molecule has 3 atom stereocenters. The summed E-state index contributed by atoms with van der Waals surface area (Å²) in [6.07, 6.45) is -0.0394. The van der Waals surface area contributed by atoms with Crippen LogP contribution < -0.4 is 14.8 Å². The average molecular weight is 582 g/mol. The number of nitrogens with one attached hydrogen (secondary N) is 1. The Morgan fingerprint density at radius 3 is 1.83 bits per heavy atom. The van der Waals surface area contributed by atoms with E-state index in [-0.39, 0.29) is 37.2 Å². The fraction of sp³-hybridized carbons (Fsp3) is 0.667. The molecule has 0 radical (unpaired) electrons. The van der Waals surface area contributed by atoms with Crippen LogP contribution in [-0.2, 0) is 30.2 Å². The number of hydrogen-bond acceptors (Lipinski definition) is 10. The van der Waals surface area contributed by atoms with Crippen LogP contribution in [0.4, 0.5) is 9.59 Å². The van der Waals surface area contributed by atoms with Crippen LogP contribution in [0.3, 0.4) is 0 Å². The van der Waals surface area contributed by atoms with E-state index in [1.165, 1.54) is 18.2 Å². The van der Waals surface area contributed by atoms with Crippen molar-refractivity contribution >= 4 is 24.2 Å². The number of hydrogen-bond donors (Lipinski definition) is 2. The maximum Gasteiger partial charge on any atom is 0.513 e. The van der Waals surface area contributed by atoms with Crippen molar-refractivity contribution in [2.24, 2.45) is 17.8 Å². The molecule has 0 aliphatic heterocycles. The van der Waals surface area contributed by atoms with Crippen molar-refractivity contribution in [2.75, 3.05) is 13.2 Å². The molecule has 2 N–H and O–H groups in total. The Bertz CT molecular complexity index is 1010. The number of carbonyl (C=O) groups excluding carboxylic acids is 3. The summed E-state index contributed by atoms with van der Waals surface area (Å²) in [5, 5.41) is 13.2. The number of carboxylic acids is 1. The van der Waals surface area contributed by atoms with Crippen molar-refractivity contribution in [3.63, 3.8) is 0 Å². The molecule has 232 valence electrons. The zero-order chi connectivity index (χ0) is 31.2. The topological polar surface area (TPSA) is 147 Å². The molecule has 1 rings (SSSR count). The highest BCUT2D eigenvalue weighted by Gasteiger charge is 2.44. The Hall–Kier alpha value is -3.34. The zero-order valence-corrected chi connectivity index (χ0v) is 25.6. The van der Waals surface area contributed by atoms with E-state index in [1.54, 1.807) is 20.8 Å². The van der Waals surface area contributed by atoms with Crippen LogP contribution in [0, 0.1) is 17.8 Å². The van der Waals surface area contributed by atoms with Gasteiger partial charge in [-0.25, -0.2) is 14.4 Å². The number of aliphatic carboxylic acids is 1. The van der Waals surface area contributed by atoms with Gasteiger partial charge in [-0.05, 0) is 62.1 Å². The van der Waals surface area contributed by atoms with E-state index in [0.717, 1.165) is 0 Å². The van der Waals surface area contributed by atoms with Crippen LogP contribution in [0.1, 0.15) is 86.6 Å². The van der Waals surface area contributed by atoms with E-state index in [4.69, 9.17) is 23.7 Å². The van der Waals surface area contributed by atoms with Gasteiger partial charge in [-0.2, -0.15) is 0 Å². The van der Waals surface area contributed by atoms with E-state index in [0.29, 0.717) is 43.1 Å². The predicted octanol–water partition coefficient (Wildman–Crippen LogP) is 6.11. The minimum absolute atomic E-state index is 0.121. The van der Waals surface area contributed by atoms with Gasteiger partial charge < -0.3 is 28.8 Å². The largest absolute Gasteiger partial charge is 0.513 e. The average Bonchev–Trinajstić information content (AvgIpc) is 2.88. The Labute approximate surface area is 243 Å². The van der Waals surface area contributed by atoms with Gasteiger partial charge in [0.25, 0.3) is 5.72 Å². The SMILES string of the molecule is CCC(C)N[C@@](Cc1ccc(OC(=O)OCCC(C)C)c(OC(=O)OCCC(C)C)c1)(OC(=O)C(C)CC)C(=O)O. The lowest BCUT2D eigenvalue weighted by Crippen LogP contribution is -2.60. The Balaban J connectivity index is 3.38. The van der Waals surface area contributed by atoms with Gasteiger partial charge in [0.2, 0.25) is 0 Å². The molecule has 0 aliphatic carbocycles. The van der Waals surface area contributed by atoms with Gasteiger partial charge >= 0.3 is 24.2 Å². The molecule has 0 spiro atoms. The maximum atomic E-state index is 12.7. The lowest BCUT2D eigenvalue weighted by molar-refractivity contribution is -0.187. The van der Waals surface area contributed by atoms with Gasteiger partial charge in [0.1, 0.15) is 0 Å². The van der Waals surface area contributed by atoms with Crippen molar-refractivity contribution in [3.8, 4) is 11.5 Å². The lowest BCUT2D eigenvalue weighted by Gasteiger charge is -2.34. The second-order valence-corrected chi connectivity index (χ2v) is 11.0. The molecule has 0 bridgehead atoms. The summed E-state index contributed by atoms with van der Waals surface area (Å²) in [6, 6.07) is 3.86. The number of carboxylic acid groups (broad SMARTS) is 1. The van der Waals surface area contributed by atoms with Crippen LogP contribution in [0.15, 0.2) is 18.2 Å². The molecule has 41 heavy (non-hydrogen) atoms. The number of ether oxygens (including phenoxy) is 5. The fourth-order valence-corrected chi connectivity index (χ4v) is 3.35. The molecule has 0 amide bonds. The van der Waals surface area contributed by atoms with Crippen molar-refractivity contribution in [1.29, 1.82) is 0 Å². The summed E-state index contributed by atoms with van der Waals surface area (Å²) in [5.41, 5.74) is -1.78. The minimum Gasteiger partial charge on any atom is -0.477 e. The van der Waals surface area contributed by atoms with E-state index in [2.05, 4.69) is 5.32 Å². The summed E-state index contributed by atoms with van der Waals surface area (Å²) in [7, 11) is 0. The molecular formula is C30H47NO10. The van der Waals surface area contributed by atoms with E-state index in [9.17, 15) is 24.3 Å². The van der Waals surface area contributed by atoms with Gasteiger partial charge in [-0.1, -0.05) is 54.5 Å². The summed E-state index contributed by atoms with van der Waals surface area (Å²) in [4.78, 5) is 50.0. The lowest BCUT2D eigenvalue weighted by atomic mass is 9.99. The zero-order valence-electron chi connectivity index (χ0n) is 25.6. The van der Waals surface area contributed by atoms with Gasteiger partial charge in [0.15, 0.2) is 11.5 Å². The molecule has 1 aromatic rings. The standard InChI is InChI=1S/C30H47NO10/c1-9-21(7)26(32)41-30(27(33)34,31-22(8)10-2)18-23-11-12-24(39-28(35)37-15-13-19(3)4)25(17-23)40-29(36)38-16-14-20(5)6/h11-12,17,19-22,31H,9-10,13-16,18H2,1-8H3,(H,33,34)/t21?,22?,30-/m0/s1. The third-order valence-corrected chi connectivity index (χ3v) is 6.40. The first-order valence-electron chi connectivity index (χ1n) is 14.3. The normalized spacial score (nSPS) is 14.1. The van der Waals surface area contributed by atoms with Crippen molar-refractivity contribution in [2.45, 2.75) is 99.3 Å². The van der Waals surface area contributed by atoms with E-state index >= 15 is 0 Å². The highest BCUT2D eigenvalue weighted by Crippen LogP contribution is 2.32. The smallest absolute Gasteiger partial charge is 0.477 e. The van der Waals surface area contributed by atoms with Crippen LogP contribution >= 0.6 is 0 Å². The van der Waals surface area contributed by atoms with Crippen molar-refractivity contribution < 1.29 is 48.0 Å². The Morgan fingerprint density at radius 1 is 0.829 bits per heavy atom. The first-order valence-corrected chi connectivity index (χ1v) is 14.3. The number of carbonyl (C=O) groups is 4. The van der Waals surface area contributed by atoms with Crippen LogP contribution in [-0.4, -0.2) is 54.3 Å². The minimum atomic E-state index is -2.11. The molecule has 1 aromatic carbocycles. The third kappa shape index (κ3) is 12.8. The fourth-order valence-electron chi connectivity index (χ4n) is 3.35. The number of rotatable bonds is 17. The van der Waals surface area contributed by atoms with Crippen molar-refractivity contribution in [3.05, 3.63) is 23.8 Å². The van der Waals surface area contributed by atoms with E-state index < -0.39 is 35.9 Å². The van der Waals surface area contributed by atoms with Crippen LogP contribution in [0.25, 0.3) is 0 Å². The molecular weight excluding hydrogens is 534 g/mol. The van der Waals surface area contributed by atoms with Gasteiger partial charge in [0, 0.05) is 12.5 Å². The molecule has 0 aliphatic rings. The van der Waals surface area contributed by atoms with Crippen LogP contribution in [0.5, 0.6) is 11.5 Å². The first kappa shape index (κ1) is 35.7. The summed E-state index contributed by atoms with van der Waals surface area (Å²) < 4.78 is 26.5. The van der Waals surface area contributed by atoms with Gasteiger partial charge in [-0.3, -0.25) is 10.1 Å². The quantitative estimate of drug-likeness (QED) is 0.0950. The molecule has 0 saturated heterocycles. The third-order valence-electron chi connectivity index (χ3n) is 6.40. The highest BCUT2D eigenvalue weighted by molar-refractivity contribution is 5.83. The molecule has 2 unspecified atom stereocenters. The summed E-state index contributed by atoms with van der Waals surface area (Å²) in [6.45, 7) is 15.3. The molecule has 0 heterocycles. The van der Waals surface area contributed by atoms with Gasteiger partial charge in [0.05, 0.1) is 19.1 Å². The maximum absolute atomic E-state index is 12.7. The molecule has 0 aromatic heterocycles. The van der Waals surface area contributed by atoms with Gasteiger partial charge in [-0.15, -0.1) is 0 Å². The first-order chi connectivity index (χ1) is 19.2. The Morgan fingerprint density at radius 2 is 1.37 bits per heavy atom. The van der Waals surface area contributed by atoms with Crippen molar-refractivity contribution in [1.82, 2.24) is 5.32 Å². The number of benzene rings is 1. The second kappa shape index (κ2) is 17.5. The number of esters is 1. The van der Waals surface area contributed by atoms with Crippen LogP contribution in [0.2, 0.25) is 0 Å². The molecule has 0 saturated carbocycles. The molecule has 0 fully saturated rings. The molecule has 11 nitrogen and oxygen atoms in total. The highest BCUT2D eigenvalue weighted by atomic mass is 16.7. The summed E-state index contributed by atoms with van der Waals surface area (Å²) >= 11 is 0. The van der Waals surface area contributed by atoms with E-state index in [1.807, 2.05) is 34.6 Å². The predicted molar refractivity (Wildman–Crippen MR) is 152 cm³/mol. The monoisotopic (exact) mass is 581 g/mol. The molecule has 11 heteroatoms. The Kier molecular flexibility index (Phi) is 15.2. The summed E-state index contributed by atoms with van der Waals surface area (Å²) in [5.74, 6) is -2.28. The second-order valence-electron chi connectivity index (χ2n) is 11.0.